The van der Waals surface area contributed by atoms with Crippen molar-refractivity contribution in [2.75, 3.05) is 0 Å². The lowest BCUT2D eigenvalue weighted by Gasteiger charge is -2.10. The number of carbonyl (C=O) groups excluding carboxylic acids is 1. The van der Waals surface area contributed by atoms with E-state index in [4.69, 9.17) is 10.2 Å². The van der Waals surface area contributed by atoms with E-state index in [-0.39, 0.29) is 0 Å². The van der Waals surface area contributed by atoms with Crippen LogP contribution in [0.25, 0.3) is 0 Å². The lowest BCUT2D eigenvalue weighted by Crippen LogP contribution is -2.69. The van der Waals surface area contributed by atoms with Gasteiger partial charge in [0.15, 0.2) is 6.10 Å². The van der Waals surface area contributed by atoms with Crippen LogP contribution in [0, 0.1) is 0 Å². The molecule has 0 aliphatic rings. The molecule has 5 N–H and O–H groups in total. The average molecular weight is 163 g/mol. The van der Waals surface area contributed by atoms with Gasteiger partial charge in [0.2, 0.25) is 0 Å². The van der Waals surface area contributed by atoms with E-state index < -0.39 is 30.5 Å². The summed E-state index contributed by atoms with van der Waals surface area (Å²) in [6.45, 7) is 0. The van der Waals surface area contributed by atoms with Crippen LogP contribution in [0.1, 0.15) is 6.42 Å². The van der Waals surface area contributed by atoms with E-state index >= 15 is 0 Å². The van der Waals surface area contributed by atoms with E-state index in [0.717, 1.165) is 0 Å². The van der Waals surface area contributed by atoms with Crippen LogP contribution < -0.4 is 10.8 Å². The first-order valence-corrected chi connectivity index (χ1v) is 2.90. The quantitative estimate of drug-likeness (QED) is 0.391. The van der Waals surface area contributed by atoms with Gasteiger partial charge in [0, 0.05) is 6.42 Å². The Bertz CT molecular complexity index is 150. The molecule has 0 spiro atoms. The van der Waals surface area contributed by atoms with E-state index in [1.54, 1.807) is 0 Å². The Morgan fingerprint density at radius 3 is 2.27 bits per heavy atom. The van der Waals surface area contributed by atoms with Crippen molar-refractivity contribution in [1.82, 2.24) is 0 Å². The van der Waals surface area contributed by atoms with E-state index in [9.17, 15) is 14.7 Å². The zero-order valence-corrected chi connectivity index (χ0v) is 5.69. The smallest absolute Gasteiger partial charge is 0.332 e. The number of carbonyl (C=O) groups is 2. The molecule has 6 nitrogen and oxygen atoms in total. The molecule has 0 saturated heterocycles. The molecular formula is C5H9NO5. The third-order valence-corrected chi connectivity index (χ3v) is 1.13. The number of aliphatic hydroxyl groups is 1. The fraction of sp³-hybridized carbons (Fsp3) is 0.600. The molecule has 6 heteroatoms. The second kappa shape index (κ2) is 3.89. The van der Waals surface area contributed by atoms with Crippen LogP contribution in [0.15, 0.2) is 0 Å². The van der Waals surface area contributed by atoms with Gasteiger partial charge in [0.25, 0.3) is 0 Å². The number of aliphatic hydroxyl groups excluding tert-OH is 1. The van der Waals surface area contributed by atoms with Crippen LogP contribution >= 0.6 is 0 Å². The molecule has 0 heterocycles. The normalized spacial score (nSPS) is 15.5. The number of carboxylic acids is 2. The molecule has 0 rings (SSSR count). The molecule has 0 radical (unpaired) electrons. The summed E-state index contributed by atoms with van der Waals surface area (Å²) < 4.78 is 0. The molecule has 64 valence electrons. The largest absolute Gasteiger partial charge is 0.544 e. The highest BCUT2D eigenvalue weighted by Crippen LogP contribution is 1.93. The Kier molecular flexibility index (Phi) is 3.49. The van der Waals surface area contributed by atoms with Gasteiger partial charge >= 0.3 is 5.97 Å². The standard InChI is InChI=1S/C5H9NO5/c6-2(4(8)9)1-3(7)5(10)11/h2-3,7H,1,6H2,(H,8,9)(H,10,11)/t2-,3-/m0/s1. The first-order chi connectivity index (χ1) is 4.95. The highest BCUT2D eigenvalue weighted by Gasteiger charge is 2.19. The van der Waals surface area contributed by atoms with Crippen molar-refractivity contribution in [1.29, 1.82) is 0 Å². The van der Waals surface area contributed by atoms with Crippen molar-refractivity contribution in [3.05, 3.63) is 0 Å². The number of hydrogen-bond acceptors (Lipinski definition) is 4. The summed E-state index contributed by atoms with van der Waals surface area (Å²) in [6, 6.07) is -1.19. The Hall–Kier alpha value is -1.14. The molecule has 0 aliphatic heterocycles. The molecule has 0 aromatic rings. The maximum Gasteiger partial charge on any atom is 0.332 e. The monoisotopic (exact) mass is 163 g/mol. The van der Waals surface area contributed by atoms with Crippen molar-refractivity contribution in [2.45, 2.75) is 18.6 Å². The predicted octanol–water partition coefficient (Wildman–Crippen LogP) is -3.82. The number of carboxylic acid groups (broad SMARTS) is 2. The van der Waals surface area contributed by atoms with E-state index in [0.29, 0.717) is 0 Å². The molecule has 0 amide bonds. The summed E-state index contributed by atoms with van der Waals surface area (Å²) in [5.41, 5.74) is 3.07. The molecule has 2 atom stereocenters. The van der Waals surface area contributed by atoms with Crippen molar-refractivity contribution in [3.8, 4) is 0 Å². The predicted molar refractivity (Wildman–Crippen MR) is 29.9 cm³/mol. The number of aliphatic carboxylic acids is 2. The Morgan fingerprint density at radius 2 is 2.00 bits per heavy atom. The minimum absolute atomic E-state index is 0.433. The highest BCUT2D eigenvalue weighted by molar-refractivity contribution is 5.74. The van der Waals surface area contributed by atoms with Crippen LogP contribution in [-0.4, -0.2) is 34.3 Å². The second-order valence-electron chi connectivity index (χ2n) is 2.11. The highest BCUT2D eigenvalue weighted by atomic mass is 16.4. The zero-order valence-electron chi connectivity index (χ0n) is 5.69. The van der Waals surface area contributed by atoms with Gasteiger partial charge in [0.05, 0.1) is 5.97 Å². The van der Waals surface area contributed by atoms with Crippen molar-refractivity contribution in [3.63, 3.8) is 0 Å². The van der Waals surface area contributed by atoms with Gasteiger partial charge in [-0.2, -0.15) is 0 Å². The van der Waals surface area contributed by atoms with E-state index in [1.165, 1.54) is 0 Å². The fourth-order valence-electron chi connectivity index (χ4n) is 0.467. The van der Waals surface area contributed by atoms with Crippen LogP contribution in [0.3, 0.4) is 0 Å². The van der Waals surface area contributed by atoms with Crippen LogP contribution in [0.4, 0.5) is 0 Å². The summed E-state index contributed by atoms with van der Waals surface area (Å²) in [4.78, 5) is 19.9. The molecule has 0 aromatic carbocycles. The fourth-order valence-corrected chi connectivity index (χ4v) is 0.467. The zero-order chi connectivity index (χ0) is 9.02. The average Bonchev–Trinajstić information content (AvgIpc) is 1.87. The molecule has 0 aromatic heterocycles. The topological polar surface area (TPSA) is 125 Å². The van der Waals surface area contributed by atoms with E-state index in [1.807, 2.05) is 0 Å². The SMILES string of the molecule is [NH3+][C@@H](C[C@H](O)C(=O)O)C(=O)[O-]. The van der Waals surface area contributed by atoms with Crippen LogP contribution in [0.2, 0.25) is 0 Å². The third kappa shape index (κ3) is 3.54. The van der Waals surface area contributed by atoms with Gasteiger partial charge in [-0.1, -0.05) is 0 Å². The van der Waals surface area contributed by atoms with Gasteiger partial charge in [-0.05, 0) is 0 Å². The van der Waals surface area contributed by atoms with E-state index in [2.05, 4.69) is 5.73 Å². The third-order valence-electron chi connectivity index (χ3n) is 1.13. The molecule has 0 bridgehead atoms. The molecule has 0 unspecified atom stereocenters. The maximum atomic E-state index is 9.98. The summed E-state index contributed by atoms with van der Waals surface area (Å²) in [5.74, 6) is -2.93. The number of hydrogen-bond donors (Lipinski definition) is 3. The first kappa shape index (κ1) is 9.86. The summed E-state index contributed by atoms with van der Waals surface area (Å²) in [6.07, 6.45) is -2.12. The maximum absolute atomic E-state index is 9.98. The number of rotatable bonds is 4. The van der Waals surface area contributed by atoms with Crippen LogP contribution in [0.5, 0.6) is 0 Å². The Morgan fingerprint density at radius 1 is 1.55 bits per heavy atom. The summed E-state index contributed by atoms with van der Waals surface area (Å²) in [7, 11) is 0. The first-order valence-electron chi connectivity index (χ1n) is 2.90. The van der Waals surface area contributed by atoms with Gasteiger partial charge in [0.1, 0.15) is 6.04 Å². The molecule has 0 saturated carbocycles. The van der Waals surface area contributed by atoms with Crippen molar-refractivity contribution >= 4 is 11.9 Å². The Balaban J connectivity index is 3.84. The molecule has 11 heavy (non-hydrogen) atoms. The molecular weight excluding hydrogens is 154 g/mol. The lowest BCUT2D eigenvalue weighted by atomic mass is 10.1. The lowest BCUT2D eigenvalue weighted by molar-refractivity contribution is -0.440. The van der Waals surface area contributed by atoms with Crippen LogP contribution in [-0.2, 0) is 9.59 Å². The van der Waals surface area contributed by atoms with Gasteiger partial charge < -0.3 is 25.8 Å². The summed E-state index contributed by atoms with van der Waals surface area (Å²) >= 11 is 0. The summed E-state index contributed by atoms with van der Waals surface area (Å²) in [5, 5.41) is 26.7. The minimum Gasteiger partial charge on any atom is -0.544 e. The van der Waals surface area contributed by atoms with Gasteiger partial charge in [-0.25, -0.2) is 4.79 Å². The van der Waals surface area contributed by atoms with Crippen molar-refractivity contribution < 1.29 is 30.6 Å². The van der Waals surface area contributed by atoms with Gasteiger partial charge in [-0.15, -0.1) is 0 Å². The molecule has 0 fully saturated rings. The number of quaternary nitrogens is 1. The minimum atomic E-state index is -1.68. The molecule has 0 aliphatic carbocycles. The Labute approximate surface area is 62.2 Å². The van der Waals surface area contributed by atoms with Gasteiger partial charge in [-0.3, -0.25) is 0 Å². The van der Waals surface area contributed by atoms with Crippen molar-refractivity contribution in [2.24, 2.45) is 0 Å². The second-order valence-corrected chi connectivity index (χ2v) is 2.11.